The molecule has 0 spiro atoms. The zero-order valence-electron chi connectivity index (χ0n) is 22.0. The minimum Gasteiger partial charge on any atom is -0.461 e. The van der Waals surface area contributed by atoms with Gasteiger partial charge in [0.1, 0.15) is 23.8 Å². The van der Waals surface area contributed by atoms with Gasteiger partial charge < -0.3 is 10.1 Å². The Morgan fingerprint density at radius 1 is 1.13 bits per heavy atom. The van der Waals surface area contributed by atoms with Crippen LogP contribution in [0.25, 0.3) is 17.1 Å². The maximum Gasteiger partial charge on any atom is 0.382 e. The molecule has 1 saturated carbocycles. The Labute approximate surface area is 223 Å². The van der Waals surface area contributed by atoms with Crippen LogP contribution in [0.15, 0.2) is 36.7 Å². The molecule has 0 aliphatic heterocycles. The summed E-state index contributed by atoms with van der Waals surface area (Å²) in [6, 6.07) is 7.74. The molecule has 1 aromatic carbocycles. The summed E-state index contributed by atoms with van der Waals surface area (Å²) in [6.45, 7) is 6.79. The van der Waals surface area contributed by atoms with E-state index in [1.54, 1.807) is 18.2 Å². The molecular weight excluding hydrogens is 511 g/mol. The molecule has 0 unspecified atom stereocenters. The molecule has 0 amide bonds. The van der Waals surface area contributed by atoms with Gasteiger partial charge in [-0.15, -0.1) is 0 Å². The molecule has 9 nitrogen and oxygen atoms in total. The maximum atomic E-state index is 14.9. The number of rotatable bonds is 9. The number of hydrogen-bond acceptors (Lipinski definition) is 7. The van der Waals surface area contributed by atoms with Gasteiger partial charge >= 0.3 is 11.9 Å². The monoisotopic (exact) mass is 539 g/mol. The second-order valence-corrected chi connectivity index (χ2v) is 9.59. The third-order valence-electron chi connectivity index (χ3n) is 6.69. The van der Waals surface area contributed by atoms with E-state index >= 15 is 0 Å². The molecule has 1 aliphatic carbocycles. The van der Waals surface area contributed by atoms with E-state index in [1.165, 1.54) is 43.9 Å². The van der Waals surface area contributed by atoms with E-state index in [9.17, 15) is 18.0 Å². The van der Waals surface area contributed by atoms with Gasteiger partial charge in [0.2, 0.25) is 0 Å². The van der Waals surface area contributed by atoms with Gasteiger partial charge in [0.05, 0.1) is 29.3 Å². The summed E-state index contributed by atoms with van der Waals surface area (Å²) in [4.78, 5) is 20.5. The number of benzene rings is 1. The first-order valence-electron chi connectivity index (χ1n) is 12.6. The number of aryl methyl sites for hydroxylation is 1. The van der Waals surface area contributed by atoms with E-state index in [1.807, 2.05) is 11.6 Å². The van der Waals surface area contributed by atoms with E-state index in [4.69, 9.17) is 5.10 Å². The van der Waals surface area contributed by atoms with E-state index in [2.05, 4.69) is 25.1 Å². The lowest BCUT2D eigenvalue weighted by atomic mass is 10.1. The third-order valence-corrected chi connectivity index (χ3v) is 6.69. The number of alkyl halides is 2. The zero-order valence-corrected chi connectivity index (χ0v) is 22.0. The lowest BCUT2D eigenvalue weighted by Crippen LogP contribution is -2.29. The van der Waals surface area contributed by atoms with Crippen molar-refractivity contribution in [2.75, 3.05) is 11.9 Å². The molecular formula is C27H28F3N7O2. The van der Waals surface area contributed by atoms with Crippen LogP contribution in [0.1, 0.15) is 42.3 Å². The molecule has 39 heavy (non-hydrogen) atoms. The molecule has 5 rings (SSSR count). The van der Waals surface area contributed by atoms with Crippen LogP contribution in [0.2, 0.25) is 0 Å². The average molecular weight is 540 g/mol. The van der Waals surface area contributed by atoms with E-state index in [0.717, 1.165) is 29.7 Å². The molecule has 1 fully saturated rings. The second-order valence-electron chi connectivity index (χ2n) is 9.59. The van der Waals surface area contributed by atoms with Crippen molar-refractivity contribution >= 4 is 17.6 Å². The lowest BCUT2D eigenvalue weighted by Gasteiger charge is -2.15. The smallest absolute Gasteiger partial charge is 0.382 e. The number of nitrogens with zero attached hydrogens (tertiary/aromatic N) is 6. The van der Waals surface area contributed by atoms with Crippen LogP contribution in [0.3, 0.4) is 0 Å². The lowest BCUT2D eigenvalue weighted by molar-refractivity contribution is -0.173. The predicted octanol–water partition coefficient (Wildman–Crippen LogP) is 5.40. The minimum absolute atomic E-state index is 0.0130. The fraction of sp³-hybridized carbons (Fsp3) is 0.370. The normalized spacial score (nSPS) is 13.5. The number of carbonyl (C=O) groups excluding carboxylic acids is 1. The Bertz CT molecular complexity index is 1530. The molecule has 0 atom stereocenters. The van der Waals surface area contributed by atoms with Crippen LogP contribution in [0.4, 0.5) is 24.8 Å². The second kappa shape index (κ2) is 10.2. The standard InChI is InChI=1S/C27H28F3N7O2/c1-5-39-26(38)27(29,30)23-16(3)34-37(17(23)4)22-12-21(31-14-32-22)33-25-15(2)24(19-8-10-20(28)11-9-19)35-36(25)13-18-6-7-18/h8-12,14,18H,5-7,13H2,1-4H3,(H,31,32,33). The maximum absolute atomic E-state index is 14.9. The Kier molecular flexibility index (Phi) is 6.87. The highest BCUT2D eigenvalue weighted by atomic mass is 19.3. The summed E-state index contributed by atoms with van der Waals surface area (Å²) in [5, 5.41) is 12.3. The average Bonchev–Trinajstić information content (AvgIpc) is 3.60. The van der Waals surface area contributed by atoms with Gasteiger partial charge in [-0.1, -0.05) is 0 Å². The first kappa shape index (κ1) is 26.4. The van der Waals surface area contributed by atoms with Crippen LogP contribution in [-0.2, 0) is 22.0 Å². The Balaban J connectivity index is 1.49. The van der Waals surface area contributed by atoms with Crippen molar-refractivity contribution in [1.82, 2.24) is 29.5 Å². The van der Waals surface area contributed by atoms with Crippen molar-refractivity contribution in [3.63, 3.8) is 0 Å². The summed E-state index contributed by atoms with van der Waals surface area (Å²) in [6.07, 6.45) is 3.55. The van der Waals surface area contributed by atoms with E-state index in [0.29, 0.717) is 24.1 Å². The molecule has 12 heteroatoms. The fourth-order valence-electron chi connectivity index (χ4n) is 4.57. The fourth-order valence-corrected chi connectivity index (χ4v) is 4.57. The van der Waals surface area contributed by atoms with Crippen LogP contribution in [0, 0.1) is 32.5 Å². The highest BCUT2D eigenvalue weighted by Crippen LogP contribution is 2.37. The number of anilines is 2. The SMILES string of the molecule is CCOC(=O)C(F)(F)c1c(C)nn(-c2cc(Nc3c(C)c(-c4ccc(F)cc4)nn3CC3CC3)ncn2)c1C. The molecule has 1 aliphatic rings. The molecule has 3 heterocycles. The van der Waals surface area contributed by atoms with Gasteiger partial charge in [0, 0.05) is 23.7 Å². The van der Waals surface area contributed by atoms with Gasteiger partial charge in [-0.25, -0.2) is 28.5 Å². The van der Waals surface area contributed by atoms with Crippen molar-refractivity contribution in [2.24, 2.45) is 5.92 Å². The number of halogens is 3. The van der Waals surface area contributed by atoms with Crippen molar-refractivity contribution in [2.45, 2.75) is 53.0 Å². The van der Waals surface area contributed by atoms with Crippen LogP contribution in [-0.4, -0.2) is 42.1 Å². The Morgan fingerprint density at radius 3 is 2.51 bits per heavy atom. The Morgan fingerprint density at radius 2 is 1.85 bits per heavy atom. The van der Waals surface area contributed by atoms with Crippen LogP contribution < -0.4 is 5.32 Å². The van der Waals surface area contributed by atoms with Gasteiger partial charge in [-0.3, -0.25) is 0 Å². The summed E-state index contributed by atoms with van der Waals surface area (Å²) >= 11 is 0. The van der Waals surface area contributed by atoms with E-state index < -0.39 is 17.5 Å². The van der Waals surface area contributed by atoms with E-state index in [-0.39, 0.29) is 29.6 Å². The van der Waals surface area contributed by atoms with Gasteiger partial charge in [0.15, 0.2) is 5.82 Å². The number of nitrogens with one attached hydrogen (secondary N) is 1. The highest BCUT2D eigenvalue weighted by molar-refractivity contribution is 5.80. The number of hydrogen-bond donors (Lipinski definition) is 1. The molecule has 204 valence electrons. The summed E-state index contributed by atoms with van der Waals surface area (Å²) in [7, 11) is 0. The highest BCUT2D eigenvalue weighted by Gasteiger charge is 2.47. The summed E-state index contributed by atoms with van der Waals surface area (Å²) < 4.78 is 51.0. The van der Waals surface area contributed by atoms with Crippen molar-refractivity contribution in [3.05, 3.63) is 65.0 Å². The molecule has 0 saturated heterocycles. The largest absolute Gasteiger partial charge is 0.461 e. The topological polar surface area (TPSA) is 99.8 Å². The zero-order chi connectivity index (χ0) is 27.9. The van der Waals surface area contributed by atoms with Crippen molar-refractivity contribution < 1.29 is 22.7 Å². The van der Waals surface area contributed by atoms with Crippen molar-refractivity contribution in [1.29, 1.82) is 0 Å². The van der Waals surface area contributed by atoms with Crippen LogP contribution >= 0.6 is 0 Å². The molecule has 0 radical (unpaired) electrons. The third kappa shape index (κ3) is 5.10. The quantitative estimate of drug-likeness (QED) is 0.284. The summed E-state index contributed by atoms with van der Waals surface area (Å²) in [5.41, 5.74) is 1.88. The van der Waals surface area contributed by atoms with Gasteiger partial charge in [-0.2, -0.15) is 19.0 Å². The molecule has 0 bridgehead atoms. The minimum atomic E-state index is -3.86. The Hall–Kier alpha value is -4.22. The van der Waals surface area contributed by atoms with Gasteiger partial charge in [-0.05, 0) is 70.7 Å². The number of aromatic nitrogens is 6. The number of carbonyl (C=O) groups is 1. The first-order valence-corrected chi connectivity index (χ1v) is 12.6. The molecule has 3 aromatic heterocycles. The molecule has 4 aromatic rings. The number of ether oxygens (including phenoxy) is 1. The first-order chi connectivity index (χ1) is 18.6. The molecule has 1 N–H and O–H groups in total. The van der Waals surface area contributed by atoms with Gasteiger partial charge in [0.25, 0.3) is 0 Å². The number of esters is 1. The predicted molar refractivity (Wildman–Crippen MR) is 138 cm³/mol. The summed E-state index contributed by atoms with van der Waals surface area (Å²) in [5.74, 6) is -3.93. The van der Waals surface area contributed by atoms with Crippen LogP contribution in [0.5, 0.6) is 0 Å². The van der Waals surface area contributed by atoms with Crippen molar-refractivity contribution in [3.8, 4) is 17.1 Å².